The Morgan fingerprint density at radius 1 is 1.23 bits per heavy atom. The average molecular weight is 405 g/mol. The largest absolute Gasteiger partial charge is 0.478 e. The fourth-order valence-corrected chi connectivity index (χ4v) is 3.27. The van der Waals surface area contributed by atoms with Crippen LogP contribution in [-0.4, -0.2) is 22.7 Å². The van der Waals surface area contributed by atoms with Crippen LogP contribution >= 0.6 is 0 Å². The van der Waals surface area contributed by atoms with Gasteiger partial charge in [-0.3, -0.25) is 4.79 Å². The van der Waals surface area contributed by atoms with Gasteiger partial charge in [-0.25, -0.2) is 14.2 Å². The minimum absolute atomic E-state index is 0.00923. The monoisotopic (exact) mass is 405 g/mol. The Morgan fingerprint density at radius 2 is 1.90 bits per heavy atom. The van der Waals surface area contributed by atoms with Crippen LogP contribution in [0.25, 0.3) is 6.08 Å². The minimum Gasteiger partial charge on any atom is -0.478 e. The van der Waals surface area contributed by atoms with Crippen molar-refractivity contribution in [2.45, 2.75) is 26.2 Å². The predicted octanol–water partition coefficient (Wildman–Crippen LogP) is 4.37. The zero-order chi connectivity index (χ0) is 21.7. The van der Waals surface area contributed by atoms with E-state index in [9.17, 15) is 19.1 Å². The molecule has 0 saturated heterocycles. The summed E-state index contributed by atoms with van der Waals surface area (Å²) in [6, 6.07) is 14.0. The van der Waals surface area contributed by atoms with E-state index in [1.165, 1.54) is 35.4 Å². The van der Waals surface area contributed by atoms with Crippen LogP contribution in [0.15, 0.2) is 59.2 Å². The lowest BCUT2D eigenvalue weighted by Gasteiger charge is -2.15. The highest BCUT2D eigenvalue weighted by atomic mass is 19.1. The molecule has 1 unspecified atom stereocenters. The van der Waals surface area contributed by atoms with Crippen LogP contribution in [0, 0.1) is 23.1 Å². The Kier molecular flexibility index (Phi) is 6.38. The van der Waals surface area contributed by atoms with Gasteiger partial charge in [0.25, 0.3) is 5.91 Å². The summed E-state index contributed by atoms with van der Waals surface area (Å²) < 4.78 is 13.2. The molecule has 0 fully saturated rings. The van der Waals surface area contributed by atoms with Crippen molar-refractivity contribution in [1.29, 1.82) is 5.26 Å². The van der Waals surface area contributed by atoms with Crippen molar-refractivity contribution in [3.8, 4) is 6.07 Å². The van der Waals surface area contributed by atoms with Crippen molar-refractivity contribution < 1.29 is 19.1 Å². The lowest BCUT2D eigenvalue weighted by Crippen LogP contribution is -2.28. The van der Waals surface area contributed by atoms with Crippen molar-refractivity contribution in [3.63, 3.8) is 0 Å². The third kappa shape index (κ3) is 4.61. The van der Waals surface area contributed by atoms with Gasteiger partial charge in [-0.05, 0) is 60.9 Å². The summed E-state index contributed by atoms with van der Waals surface area (Å²) in [6.07, 6.45) is 2.80. The molecule has 0 bridgehead atoms. The van der Waals surface area contributed by atoms with Crippen molar-refractivity contribution in [2.75, 3.05) is 5.01 Å². The summed E-state index contributed by atoms with van der Waals surface area (Å²) in [4.78, 5) is 24.9. The molecule has 2 aromatic carbocycles. The molecule has 0 saturated carbocycles. The van der Waals surface area contributed by atoms with Crippen LogP contribution in [0.5, 0.6) is 0 Å². The molecule has 1 amide bonds. The third-order valence-corrected chi connectivity index (χ3v) is 4.79. The first-order valence-electron chi connectivity index (χ1n) is 9.54. The number of benzene rings is 2. The number of hydrazone groups is 1. The number of carboxylic acid groups (broad SMARTS) is 1. The van der Waals surface area contributed by atoms with Crippen LogP contribution in [-0.2, 0) is 9.59 Å². The normalized spacial score (nSPS) is 16.4. The van der Waals surface area contributed by atoms with Gasteiger partial charge in [0.15, 0.2) is 0 Å². The molecule has 0 radical (unpaired) electrons. The number of hydrogen-bond donors (Lipinski definition) is 1. The standard InChI is InChI=1S/C23H20FN3O3/c1-2-3-21-20(22(28)27(26-21)19-10-8-18(24)9-11-19)13-17(23(29)30)12-15-4-6-16(14-25)7-5-15/h4-12,20H,2-3,13H2,1H3,(H,29,30). The summed E-state index contributed by atoms with van der Waals surface area (Å²) in [5.41, 5.74) is 2.22. The van der Waals surface area contributed by atoms with Crippen LogP contribution in [0.1, 0.15) is 37.3 Å². The number of hydrogen-bond acceptors (Lipinski definition) is 4. The summed E-state index contributed by atoms with van der Waals surface area (Å²) in [7, 11) is 0. The second-order valence-corrected chi connectivity index (χ2v) is 6.93. The van der Waals surface area contributed by atoms with E-state index in [0.717, 1.165) is 6.42 Å². The predicted molar refractivity (Wildman–Crippen MR) is 111 cm³/mol. The number of amides is 1. The number of carboxylic acids is 1. The second-order valence-electron chi connectivity index (χ2n) is 6.93. The first-order valence-corrected chi connectivity index (χ1v) is 9.54. The Labute approximate surface area is 173 Å². The van der Waals surface area contributed by atoms with Gasteiger partial charge < -0.3 is 5.11 Å². The fraction of sp³-hybridized carbons (Fsp3) is 0.217. The van der Waals surface area contributed by atoms with E-state index < -0.39 is 17.7 Å². The van der Waals surface area contributed by atoms with E-state index in [-0.39, 0.29) is 17.9 Å². The number of rotatable bonds is 7. The molecule has 1 aliphatic rings. The topological polar surface area (TPSA) is 93.8 Å². The Morgan fingerprint density at radius 3 is 2.47 bits per heavy atom. The van der Waals surface area contributed by atoms with Crippen LogP contribution in [0.3, 0.4) is 0 Å². The number of carbonyl (C=O) groups is 2. The van der Waals surface area contributed by atoms with Gasteiger partial charge in [0, 0.05) is 5.57 Å². The van der Waals surface area contributed by atoms with E-state index in [1.807, 2.05) is 13.0 Å². The fourth-order valence-electron chi connectivity index (χ4n) is 3.27. The molecule has 1 aliphatic heterocycles. The molecule has 152 valence electrons. The van der Waals surface area contributed by atoms with Gasteiger partial charge in [-0.1, -0.05) is 25.5 Å². The highest BCUT2D eigenvalue weighted by Gasteiger charge is 2.37. The second kappa shape index (κ2) is 9.14. The van der Waals surface area contributed by atoms with Gasteiger partial charge in [0.2, 0.25) is 0 Å². The van der Waals surface area contributed by atoms with Gasteiger partial charge in [0.1, 0.15) is 5.82 Å². The van der Waals surface area contributed by atoms with Gasteiger partial charge in [-0.15, -0.1) is 0 Å². The Balaban J connectivity index is 1.89. The number of halogens is 1. The molecule has 7 heteroatoms. The van der Waals surface area contributed by atoms with Gasteiger partial charge in [0.05, 0.1) is 28.9 Å². The molecule has 0 spiro atoms. The Hall–Kier alpha value is -3.79. The SMILES string of the molecule is CCCC1=NN(c2ccc(F)cc2)C(=O)C1CC(=Cc1ccc(C#N)cc1)C(=O)O. The third-order valence-electron chi connectivity index (χ3n) is 4.79. The number of nitrogens with zero attached hydrogens (tertiary/aromatic N) is 3. The smallest absolute Gasteiger partial charge is 0.331 e. The molecular formula is C23H20FN3O3. The van der Waals surface area contributed by atoms with Gasteiger partial charge >= 0.3 is 5.97 Å². The molecular weight excluding hydrogens is 385 g/mol. The maximum absolute atomic E-state index is 13.2. The Bertz CT molecular complexity index is 1050. The van der Waals surface area contributed by atoms with E-state index in [0.29, 0.717) is 28.9 Å². The van der Waals surface area contributed by atoms with E-state index in [2.05, 4.69) is 5.10 Å². The summed E-state index contributed by atoms with van der Waals surface area (Å²) in [5.74, 6) is -2.57. The van der Waals surface area contributed by atoms with E-state index in [4.69, 9.17) is 5.26 Å². The number of carbonyl (C=O) groups excluding carboxylic acids is 1. The first-order chi connectivity index (χ1) is 14.4. The van der Waals surface area contributed by atoms with E-state index in [1.54, 1.807) is 24.3 Å². The van der Waals surface area contributed by atoms with Crippen molar-refractivity contribution >= 4 is 29.4 Å². The van der Waals surface area contributed by atoms with Crippen LogP contribution in [0.4, 0.5) is 10.1 Å². The van der Waals surface area contributed by atoms with E-state index >= 15 is 0 Å². The molecule has 2 aromatic rings. The van der Waals surface area contributed by atoms with Gasteiger partial charge in [-0.2, -0.15) is 10.4 Å². The van der Waals surface area contributed by atoms with Crippen LogP contribution in [0.2, 0.25) is 0 Å². The highest BCUT2D eigenvalue weighted by molar-refractivity contribution is 6.16. The van der Waals surface area contributed by atoms with Crippen molar-refractivity contribution in [3.05, 3.63) is 71.0 Å². The molecule has 0 aromatic heterocycles. The summed E-state index contributed by atoms with van der Waals surface area (Å²) in [5, 5.41) is 24.2. The van der Waals surface area contributed by atoms with Crippen molar-refractivity contribution in [1.82, 2.24) is 0 Å². The quantitative estimate of drug-likeness (QED) is 0.692. The highest BCUT2D eigenvalue weighted by Crippen LogP contribution is 2.30. The molecule has 0 aliphatic carbocycles. The molecule has 1 N–H and O–H groups in total. The molecule has 1 atom stereocenters. The zero-order valence-corrected chi connectivity index (χ0v) is 16.4. The first kappa shape index (κ1) is 20.9. The number of nitriles is 1. The summed E-state index contributed by atoms with van der Waals surface area (Å²) >= 11 is 0. The number of anilines is 1. The minimum atomic E-state index is -1.12. The molecule has 3 rings (SSSR count). The molecule has 30 heavy (non-hydrogen) atoms. The lowest BCUT2D eigenvalue weighted by molar-refractivity contribution is -0.132. The van der Waals surface area contributed by atoms with Crippen LogP contribution < -0.4 is 5.01 Å². The maximum Gasteiger partial charge on any atom is 0.331 e. The molecule has 1 heterocycles. The number of aliphatic carboxylic acids is 1. The maximum atomic E-state index is 13.2. The van der Waals surface area contributed by atoms with Crippen molar-refractivity contribution in [2.24, 2.45) is 11.0 Å². The summed E-state index contributed by atoms with van der Waals surface area (Å²) in [6.45, 7) is 1.95. The average Bonchev–Trinajstić information content (AvgIpc) is 3.04. The molecule has 6 nitrogen and oxygen atoms in total. The zero-order valence-electron chi connectivity index (χ0n) is 16.4. The lowest BCUT2D eigenvalue weighted by atomic mass is 9.91.